The molecule has 0 bridgehead atoms. The molecule has 0 saturated carbocycles. The van der Waals surface area contributed by atoms with E-state index in [0.717, 1.165) is 30.5 Å². The Morgan fingerprint density at radius 1 is 1.43 bits per heavy atom. The molecular formula is C15H20F3NOS. The predicted molar refractivity (Wildman–Crippen MR) is 79.5 cm³/mol. The Kier molecular flexibility index (Phi) is 5.96. The number of nitrogens with one attached hydrogen (secondary N) is 1. The van der Waals surface area contributed by atoms with Crippen LogP contribution in [-0.2, 0) is 10.9 Å². The molecule has 1 heterocycles. The Hall–Kier alpha value is -0.720. The van der Waals surface area contributed by atoms with Crippen LogP contribution in [0.15, 0.2) is 24.3 Å². The Morgan fingerprint density at radius 3 is 2.86 bits per heavy atom. The second-order valence-corrected chi connectivity index (χ2v) is 6.19. The number of alkyl halides is 3. The van der Waals surface area contributed by atoms with Crippen molar-refractivity contribution in [3.8, 4) is 0 Å². The lowest BCUT2D eigenvalue weighted by molar-refractivity contribution is -0.137. The molecule has 1 fully saturated rings. The number of hydrogen-bond donors (Lipinski definition) is 1. The Bertz CT molecular complexity index is 447. The van der Waals surface area contributed by atoms with Crippen LogP contribution in [0.1, 0.15) is 30.5 Å². The van der Waals surface area contributed by atoms with E-state index in [-0.39, 0.29) is 12.1 Å². The van der Waals surface area contributed by atoms with E-state index in [1.54, 1.807) is 17.8 Å². The molecule has 0 aliphatic carbocycles. The molecule has 0 amide bonds. The van der Waals surface area contributed by atoms with Gasteiger partial charge in [0.05, 0.1) is 24.3 Å². The normalized spacial score (nSPS) is 21.2. The van der Waals surface area contributed by atoms with Crippen molar-refractivity contribution >= 4 is 11.8 Å². The van der Waals surface area contributed by atoms with Crippen molar-refractivity contribution in [3.63, 3.8) is 0 Å². The first kappa shape index (κ1) is 16.6. The topological polar surface area (TPSA) is 21.3 Å². The number of halogens is 3. The lowest BCUT2D eigenvalue weighted by Crippen LogP contribution is -2.38. The molecule has 118 valence electrons. The molecule has 2 atom stereocenters. The first-order valence-corrected chi connectivity index (χ1v) is 8.27. The molecule has 1 aliphatic rings. The molecule has 0 aromatic heterocycles. The smallest absolute Gasteiger partial charge is 0.375 e. The molecule has 1 aliphatic heterocycles. The van der Waals surface area contributed by atoms with Crippen LogP contribution >= 0.6 is 11.8 Å². The fraction of sp³-hybridized carbons (Fsp3) is 0.600. The summed E-state index contributed by atoms with van der Waals surface area (Å²) in [5.41, 5.74) is 0.0394. The number of ether oxygens (including phenoxy) is 1. The van der Waals surface area contributed by atoms with Gasteiger partial charge in [0.15, 0.2) is 0 Å². The van der Waals surface area contributed by atoms with Gasteiger partial charge in [-0.25, -0.2) is 0 Å². The minimum Gasteiger partial charge on any atom is -0.375 e. The standard InChI is InChI=1S/C15H20F3NOS/c1-2-6-19-14(13-10-21-8-7-20-13)11-4-3-5-12(9-11)15(16,17)18/h3-5,9,13-14,19H,2,6-8,10H2,1H3. The monoisotopic (exact) mass is 319 g/mol. The SMILES string of the molecule is CCCNC(c1cccc(C(F)(F)F)c1)C1CSCCO1. The van der Waals surface area contributed by atoms with Gasteiger partial charge in [0.25, 0.3) is 0 Å². The molecular weight excluding hydrogens is 299 g/mol. The second-order valence-electron chi connectivity index (χ2n) is 5.04. The van der Waals surface area contributed by atoms with E-state index in [4.69, 9.17) is 4.74 Å². The maximum absolute atomic E-state index is 12.9. The third-order valence-corrected chi connectivity index (χ3v) is 4.42. The van der Waals surface area contributed by atoms with Gasteiger partial charge in [0, 0.05) is 11.5 Å². The van der Waals surface area contributed by atoms with E-state index in [9.17, 15) is 13.2 Å². The van der Waals surface area contributed by atoms with Crippen LogP contribution in [0.25, 0.3) is 0 Å². The van der Waals surface area contributed by atoms with Gasteiger partial charge in [-0.1, -0.05) is 19.1 Å². The zero-order valence-corrected chi connectivity index (χ0v) is 12.8. The first-order chi connectivity index (χ1) is 10.0. The Morgan fingerprint density at radius 2 is 2.24 bits per heavy atom. The highest BCUT2D eigenvalue weighted by atomic mass is 32.2. The van der Waals surface area contributed by atoms with Crippen molar-refractivity contribution in [1.29, 1.82) is 0 Å². The van der Waals surface area contributed by atoms with Crippen molar-refractivity contribution in [2.24, 2.45) is 0 Å². The highest BCUT2D eigenvalue weighted by Crippen LogP contribution is 2.32. The third kappa shape index (κ3) is 4.63. The number of rotatable bonds is 5. The molecule has 0 spiro atoms. The Labute approximate surface area is 127 Å². The summed E-state index contributed by atoms with van der Waals surface area (Å²) >= 11 is 1.78. The predicted octanol–water partition coefficient (Wildman–Crippen LogP) is 3.88. The average Bonchev–Trinajstić information content (AvgIpc) is 2.48. The summed E-state index contributed by atoms with van der Waals surface area (Å²) in [4.78, 5) is 0. The number of hydrogen-bond acceptors (Lipinski definition) is 3. The van der Waals surface area contributed by atoms with Crippen LogP contribution in [0.5, 0.6) is 0 Å². The lowest BCUT2D eigenvalue weighted by atomic mass is 9.99. The summed E-state index contributed by atoms with van der Waals surface area (Å²) in [6.45, 7) is 3.44. The van der Waals surface area contributed by atoms with Crippen LogP contribution < -0.4 is 5.32 Å². The van der Waals surface area contributed by atoms with E-state index in [1.165, 1.54) is 12.1 Å². The molecule has 2 nitrogen and oxygen atoms in total. The van der Waals surface area contributed by atoms with Gasteiger partial charge in [-0.05, 0) is 30.7 Å². The van der Waals surface area contributed by atoms with Crippen molar-refractivity contribution in [2.45, 2.75) is 31.7 Å². The highest BCUT2D eigenvalue weighted by molar-refractivity contribution is 7.99. The van der Waals surface area contributed by atoms with E-state index in [0.29, 0.717) is 12.2 Å². The van der Waals surface area contributed by atoms with E-state index >= 15 is 0 Å². The van der Waals surface area contributed by atoms with Crippen molar-refractivity contribution in [2.75, 3.05) is 24.7 Å². The molecule has 1 aromatic carbocycles. The van der Waals surface area contributed by atoms with Crippen molar-refractivity contribution in [1.82, 2.24) is 5.32 Å². The van der Waals surface area contributed by atoms with Gasteiger partial charge in [0.1, 0.15) is 0 Å². The number of thioether (sulfide) groups is 1. The zero-order valence-electron chi connectivity index (χ0n) is 12.0. The minimum absolute atomic E-state index is 0.0845. The maximum Gasteiger partial charge on any atom is 0.416 e. The average molecular weight is 319 g/mol. The van der Waals surface area contributed by atoms with E-state index in [2.05, 4.69) is 5.32 Å². The summed E-state index contributed by atoms with van der Waals surface area (Å²) in [6.07, 6.45) is -3.47. The summed E-state index contributed by atoms with van der Waals surface area (Å²) in [5, 5.41) is 3.33. The van der Waals surface area contributed by atoms with Crippen LogP contribution in [0, 0.1) is 0 Å². The van der Waals surface area contributed by atoms with Gasteiger partial charge < -0.3 is 10.1 Å². The van der Waals surface area contributed by atoms with E-state index < -0.39 is 11.7 Å². The van der Waals surface area contributed by atoms with Crippen LogP contribution in [-0.4, -0.2) is 30.8 Å². The molecule has 0 radical (unpaired) electrons. The summed E-state index contributed by atoms with van der Waals surface area (Å²) in [6, 6.07) is 5.35. The van der Waals surface area contributed by atoms with Crippen molar-refractivity contribution in [3.05, 3.63) is 35.4 Å². The number of benzene rings is 1. The van der Waals surface area contributed by atoms with Crippen molar-refractivity contribution < 1.29 is 17.9 Å². The van der Waals surface area contributed by atoms with Gasteiger partial charge in [-0.2, -0.15) is 24.9 Å². The Balaban J connectivity index is 2.22. The molecule has 1 aromatic rings. The minimum atomic E-state index is -4.31. The molecule has 21 heavy (non-hydrogen) atoms. The fourth-order valence-corrected chi connectivity index (χ4v) is 3.27. The second kappa shape index (κ2) is 7.51. The molecule has 2 rings (SSSR count). The van der Waals surface area contributed by atoms with Gasteiger partial charge in [-0.3, -0.25) is 0 Å². The first-order valence-electron chi connectivity index (χ1n) is 7.12. The quantitative estimate of drug-likeness (QED) is 0.890. The zero-order chi connectivity index (χ0) is 15.3. The van der Waals surface area contributed by atoms with E-state index in [1.807, 2.05) is 6.92 Å². The molecule has 1 saturated heterocycles. The summed E-state index contributed by atoms with van der Waals surface area (Å²) < 4.78 is 44.4. The largest absolute Gasteiger partial charge is 0.416 e. The van der Waals surface area contributed by atoms with Gasteiger partial charge >= 0.3 is 6.18 Å². The third-order valence-electron chi connectivity index (χ3n) is 3.40. The lowest BCUT2D eigenvalue weighted by Gasteiger charge is -2.31. The summed E-state index contributed by atoms with van der Waals surface area (Å²) in [7, 11) is 0. The molecule has 2 unspecified atom stereocenters. The van der Waals surface area contributed by atoms with Gasteiger partial charge in [-0.15, -0.1) is 0 Å². The molecule has 1 N–H and O–H groups in total. The fourth-order valence-electron chi connectivity index (χ4n) is 2.37. The summed E-state index contributed by atoms with van der Waals surface area (Å²) in [5.74, 6) is 1.75. The molecule has 6 heteroatoms. The van der Waals surface area contributed by atoms with Crippen LogP contribution in [0.4, 0.5) is 13.2 Å². The van der Waals surface area contributed by atoms with Gasteiger partial charge in [0.2, 0.25) is 0 Å². The van der Waals surface area contributed by atoms with Crippen LogP contribution in [0.2, 0.25) is 0 Å². The highest BCUT2D eigenvalue weighted by Gasteiger charge is 2.32. The maximum atomic E-state index is 12.9. The van der Waals surface area contributed by atoms with Crippen LogP contribution in [0.3, 0.4) is 0 Å².